The molecule has 0 saturated carbocycles. The Balaban J connectivity index is 2.58. The van der Waals surface area contributed by atoms with Gasteiger partial charge in [0.05, 0.1) is 5.69 Å². The summed E-state index contributed by atoms with van der Waals surface area (Å²) in [4.78, 5) is 0. The van der Waals surface area contributed by atoms with Gasteiger partial charge in [0.2, 0.25) is 0 Å². The summed E-state index contributed by atoms with van der Waals surface area (Å²) in [5.74, 6) is -0.180. The minimum atomic E-state index is -0.180. The molecule has 0 radical (unpaired) electrons. The molecule has 18 heavy (non-hydrogen) atoms. The Morgan fingerprint density at radius 3 is 2.67 bits per heavy atom. The number of benzene rings is 1. The molecule has 1 heterocycles. The molecule has 0 unspecified atom stereocenters. The number of nitrogens with two attached hydrogens (primary N) is 1. The first kappa shape index (κ1) is 12.8. The van der Waals surface area contributed by atoms with Gasteiger partial charge in [0.1, 0.15) is 5.82 Å². The van der Waals surface area contributed by atoms with E-state index in [4.69, 9.17) is 5.73 Å². The first-order valence-corrected chi connectivity index (χ1v) is 6.03. The van der Waals surface area contributed by atoms with Gasteiger partial charge in [-0.3, -0.25) is 4.68 Å². The molecule has 0 aliphatic carbocycles. The highest BCUT2D eigenvalue weighted by atomic mass is 19.1. The van der Waals surface area contributed by atoms with Crippen molar-refractivity contribution in [3.8, 4) is 11.1 Å². The lowest BCUT2D eigenvalue weighted by atomic mass is 10.00. The maximum atomic E-state index is 13.3. The summed E-state index contributed by atoms with van der Waals surface area (Å²) in [6.07, 6.45) is 0.767. The van der Waals surface area contributed by atoms with Crippen LogP contribution in [0.15, 0.2) is 18.2 Å². The van der Waals surface area contributed by atoms with E-state index in [1.165, 1.54) is 6.07 Å². The van der Waals surface area contributed by atoms with Gasteiger partial charge in [-0.1, -0.05) is 6.07 Å². The minimum absolute atomic E-state index is 0.180. The molecule has 2 aromatic rings. The summed E-state index contributed by atoms with van der Waals surface area (Å²) >= 11 is 0. The smallest absolute Gasteiger partial charge is 0.126 e. The zero-order chi connectivity index (χ0) is 13.3. The third-order valence-electron chi connectivity index (χ3n) is 3.17. The third kappa shape index (κ3) is 2.16. The van der Waals surface area contributed by atoms with Crippen molar-refractivity contribution >= 4 is 0 Å². The average Bonchev–Trinajstić information content (AvgIpc) is 2.59. The summed E-state index contributed by atoms with van der Waals surface area (Å²) < 4.78 is 15.2. The Morgan fingerprint density at radius 2 is 2.06 bits per heavy atom. The van der Waals surface area contributed by atoms with Crippen molar-refractivity contribution in [3.05, 3.63) is 41.0 Å². The molecule has 0 atom stereocenters. The van der Waals surface area contributed by atoms with Crippen LogP contribution in [0.1, 0.15) is 17.0 Å². The normalized spacial score (nSPS) is 10.9. The fourth-order valence-corrected chi connectivity index (χ4v) is 2.31. The van der Waals surface area contributed by atoms with Crippen molar-refractivity contribution < 1.29 is 4.39 Å². The van der Waals surface area contributed by atoms with Gasteiger partial charge in [0.15, 0.2) is 0 Å². The summed E-state index contributed by atoms with van der Waals surface area (Å²) in [7, 11) is 1.91. The summed E-state index contributed by atoms with van der Waals surface area (Å²) in [6, 6.07) is 5.16. The summed E-state index contributed by atoms with van der Waals surface area (Å²) in [6.45, 7) is 4.31. The molecule has 1 aromatic heterocycles. The van der Waals surface area contributed by atoms with Crippen LogP contribution >= 0.6 is 0 Å². The number of aryl methyl sites for hydroxylation is 3. The van der Waals surface area contributed by atoms with Crippen molar-refractivity contribution in [1.29, 1.82) is 0 Å². The van der Waals surface area contributed by atoms with Gasteiger partial charge in [-0.25, -0.2) is 4.39 Å². The van der Waals surface area contributed by atoms with Crippen LogP contribution in [-0.2, 0) is 13.5 Å². The number of nitrogens with zero attached hydrogens (tertiary/aromatic N) is 2. The Kier molecular flexibility index (Phi) is 3.48. The van der Waals surface area contributed by atoms with Gasteiger partial charge < -0.3 is 5.73 Å². The highest BCUT2D eigenvalue weighted by Gasteiger charge is 2.15. The Labute approximate surface area is 106 Å². The SMILES string of the molecule is Cc1cc(-c2c(C)nn(C)c2CCN)ccc1F. The van der Waals surface area contributed by atoms with Crippen molar-refractivity contribution in [3.63, 3.8) is 0 Å². The van der Waals surface area contributed by atoms with E-state index in [2.05, 4.69) is 5.10 Å². The second-order valence-corrected chi connectivity index (χ2v) is 4.53. The van der Waals surface area contributed by atoms with Crippen molar-refractivity contribution in [2.24, 2.45) is 12.8 Å². The van der Waals surface area contributed by atoms with Gasteiger partial charge in [0.25, 0.3) is 0 Å². The molecule has 2 N–H and O–H groups in total. The van der Waals surface area contributed by atoms with Crippen LogP contribution in [0.2, 0.25) is 0 Å². The van der Waals surface area contributed by atoms with E-state index in [1.807, 2.05) is 24.7 Å². The third-order valence-corrected chi connectivity index (χ3v) is 3.17. The quantitative estimate of drug-likeness (QED) is 0.904. The lowest BCUT2D eigenvalue weighted by Gasteiger charge is -2.07. The van der Waals surface area contributed by atoms with Crippen LogP contribution in [0.25, 0.3) is 11.1 Å². The minimum Gasteiger partial charge on any atom is -0.330 e. The second-order valence-electron chi connectivity index (χ2n) is 4.53. The van der Waals surface area contributed by atoms with E-state index < -0.39 is 0 Å². The van der Waals surface area contributed by atoms with E-state index in [9.17, 15) is 4.39 Å². The van der Waals surface area contributed by atoms with Crippen LogP contribution in [0.4, 0.5) is 4.39 Å². The lowest BCUT2D eigenvalue weighted by molar-refractivity contribution is 0.619. The van der Waals surface area contributed by atoms with Gasteiger partial charge >= 0.3 is 0 Å². The maximum Gasteiger partial charge on any atom is 0.126 e. The maximum absolute atomic E-state index is 13.3. The zero-order valence-corrected chi connectivity index (χ0v) is 11.0. The molecule has 4 heteroatoms. The number of halogens is 1. The van der Waals surface area contributed by atoms with Crippen molar-refractivity contribution in [2.45, 2.75) is 20.3 Å². The fraction of sp³-hybridized carbons (Fsp3) is 0.357. The van der Waals surface area contributed by atoms with E-state index in [-0.39, 0.29) is 5.82 Å². The highest BCUT2D eigenvalue weighted by molar-refractivity contribution is 5.69. The standard InChI is InChI=1S/C14H18FN3/c1-9-8-11(4-5-12(9)15)14-10(2)17-18(3)13(14)6-7-16/h4-5,8H,6-7,16H2,1-3H3. The van der Waals surface area contributed by atoms with E-state index >= 15 is 0 Å². The first-order chi connectivity index (χ1) is 8.54. The van der Waals surface area contributed by atoms with Crippen LogP contribution < -0.4 is 5.73 Å². The molecule has 0 fully saturated rings. The van der Waals surface area contributed by atoms with Crippen LogP contribution in [-0.4, -0.2) is 16.3 Å². The number of rotatable bonds is 3. The molecule has 2 rings (SSSR count). The first-order valence-electron chi connectivity index (χ1n) is 6.03. The van der Waals surface area contributed by atoms with Crippen LogP contribution in [0.5, 0.6) is 0 Å². The second kappa shape index (κ2) is 4.90. The Hall–Kier alpha value is -1.68. The Bertz CT molecular complexity index is 573. The number of hydrogen-bond donors (Lipinski definition) is 1. The molecular formula is C14H18FN3. The largest absolute Gasteiger partial charge is 0.330 e. The molecule has 0 saturated heterocycles. The van der Waals surface area contributed by atoms with Crippen LogP contribution in [0.3, 0.4) is 0 Å². The van der Waals surface area contributed by atoms with E-state index in [0.29, 0.717) is 12.1 Å². The highest BCUT2D eigenvalue weighted by Crippen LogP contribution is 2.28. The zero-order valence-electron chi connectivity index (χ0n) is 11.0. The monoisotopic (exact) mass is 247 g/mol. The van der Waals surface area contributed by atoms with E-state index in [0.717, 1.165) is 28.9 Å². The summed E-state index contributed by atoms with van der Waals surface area (Å²) in [5, 5.41) is 4.43. The molecule has 0 aliphatic heterocycles. The van der Waals surface area contributed by atoms with Gasteiger partial charge in [-0.2, -0.15) is 5.10 Å². The van der Waals surface area contributed by atoms with Gasteiger partial charge in [-0.15, -0.1) is 0 Å². The van der Waals surface area contributed by atoms with Gasteiger partial charge in [-0.05, 0) is 43.7 Å². The predicted octanol–water partition coefficient (Wildman–Crippen LogP) is 2.34. The molecule has 0 bridgehead atoms. The van der Waals surface area contributed by atoms with Crippen LogP contribution in [0, 0.1) is 19.7 Å². The summed E-state index contributed by atoms with van der Waals surface area (Å²) in [5.41, 5.74) is 10.4. The molecule has 3 nitrogen and oxygen atoms in total. The lowest BCUT2D eigenvalue weighted by Crippen LogP contribution is -2.08. The fourth-order valence-electron chi connectivity index (χ4n) is 2.31. The predicted molar refractivity (Wildman–Crippen MR) is 70.8 cm³/mol. The van der Waals surface area contributed by atoms with E-state index in [1.54, 1.807) is 13.0 Å². The van der Waals surface area contributed by atoms with Gasteiger partial charge in [0, 0.05) is 24.7 Å². The molecular weight excluding hydrogens is 229 g/mol. The molecule has 0 spiro atoms. The molecule has 0 aliphatic rings. The number of aromatic nitrogens is 2. The van der Waals surface area contributed by atoms with Crippen molar-refractivity contribution in [2.75, 3.05) is 6.54 Å². The molecule has 0 amide bonds. The number of hydrogen-bond acceptors (Lipinski definition) is 2. The molecule has 1 aromatic carbocycles. The Morgan fingerprint density at radius 1 is 1.33 bits per heavy atom. The topological polar surface area (TPSA) is 43.8 Å². The van der Waals surface area contributed by atoms with Crippen molar-refractivity contribution in [1.82, 2.24) is 9.78 Å². The molecule has 96 valence electrons. The average molecular weight is 247 g/mol.